The van der Waals surface area contributed by atoms with Gasteiger partial charge in [-0.05, 0) is 29.3 Å². The van der Waals surface area contributed by atoms with Crippen molar-refractivity contribution in [3.05, 3.63) is 46.5 Å². The molecule has 0 spiro atoms. The van der Waals surface area contributed by atoms with Crippen molar-refractivity contribution < 1.29 is 23.9 Å². The quantitative estimate of drug-likeness (QED) is 0.540. The van der Waals surface area contributed by atoms with Crippen molar-refractivity contribution in [1.29, 1.82) is 0 Å². The molecule has 154 valence electrons. The van der Waals surface area contributed by atoms with Gasteiger partial charge in [0.05, 0.1) is 19.1 Å². The van der Waals surface area contributed by atoms with E-state index in [0.29, 0.717) is 12.2 Å². The van der Waals surface area contributed by atoms with Crippen LogP contribution >= 0.6 is 11.6 Å². The second-order valence-corrected chi connectivity index (χ2v) is 6.41. The molecular formula is C23H27ClNO4+. The molecule has 0 aromatic heterocycles. The third-order valence-electron chi connectivity index (χ3n) is 5.12. The Morgan fingerprint density at radius 1 is 1.10 bits per heavy atom. The number of hydrogen-bond donors (Lipinski definition) is 1. The Hall–Kier alpha value is -2.66. The molecule has 0 bridgehead atoms. The molecule has 2 aromatic carbocycles. The molecule has 1 N–H and O–H groups in total. The number of rotatable bonds is 1. The van der Waals surface area contributed by atoms with Gasteiger partial charge in [-0.25, -0.2) is 4.58 Å². The summed E-state index contributed by atoms with van der Waals surface area (Å²) in [4.78, 5) is 0. The first-order chi connectivity index (χ1) is 14.2. The van der Waals surface area contributed by atoms with E-state index >= 15 is 0 Å². The first kappa shape index (κ1) is 21.1. The number of nitrogens with zero attached hydrogens (tertiary/aromatic N) is 1. The van der Waals surface area contributed by atoms with Crippen LogP contribution in [0, 0.1) is 0 Å². The fourth-order valence-electron chi connectivity index (χ4n) is 3.79. The van der Waals surface area contributed by atoms with Crippen molar-refractivity contribution >= 4 is 29.6 Å². The number of benzene rings is 2. The number of hydrogen-bond acceptors (Lipinski definition) is 4. The average Bonchev–Trinajstić information content (AvgIpc) is 3.14. The third kappa shape index (κ3) is 3.79. The van der Waals surface area contributed by atoms with E-state index in [1.54, 1.807) is 7.11 Å². The van der Waals surface area contributed by atoms with Gasteiger partial charge < -0.3 is 19.3 Å². The van der Waals surface area contributed by atoms with Gasteiger partial charge >= 0.3 is 0 Å². The lowest BCUT2D eigenvalue weighted by molar-refractivity contribution is -0.429. The highest BCUT2D eigenvalue weighted by Crippen LogP contribution is 2.41. The number of aromatic hydroxyl groups is 1. The standard InChI is InChI=1S/C20H17NO4.C2H6.CH3Cl/c1-23-17-3-2-12-8-16-15-10-19-18(24-11-25-19)9-13(15)4-6-21(16)7-5-14(12)20(17)22;2*1-2/h2-3,7-10H,4-6,11H2,1H3;1-2H3;1H3/p+1. The SMILES string of the molecule is CC.CCl.COc1ccc2c(c1O)CC=[N+]1CCc3cc4c(cc3C1=C2)OCO4. The normalized spacial score (nSPS) is 14.9. The predicted molar refractivity (Wildman–Crippen MR) is 117 cm³/mol. The van der Waals surface area contributed by atoms with Crippen LogP contribution in [0.3, 0.4) is 0 Å². The topological polar surface area (TPSA) is 50.9 Å². The van der Waals surface area contributed by atoms with Gasteiger partial charge in [0.1, 0.15) is 6.21 Å². The molecule has 3 aliphatic heterocycles. The van der Waals surface area contributed by atoms with E-state index in [2.05, 4.69) is 40.6 Å². The molecule has 2 aromatic rings. The Morgan fingerprint density at radius 3 is 2.55 bits per heavy atom. The zero-order chi connectivity index (χ0) is 21.0. The van der Waals surface area contributed by atoms with E-state index in [9.17, 15) is 5.11 Å². The fraction of sp³-hybridized carbons (Fsp3) is 0.348. The smallest absolute Gasteiger partial charge is 0.231 e. The molecule has 0 atom stereocenters. The zero-order valence-electron chi connectivity index (χ0n) is 17.3. The minimum absolute atomic E-state index is 0.221. The van der Waals surface area contributed by atoms with Gasteiger partial charge in [-0.3, -0.25) is 0 Å². The molecular weight excluding hydrogens is 390 g/mol. The molecule has 0 saturated heterocycles. The zero-order valence-corrected chi connectivity index (χ0v) is 18.0. The van der Waals surface area contributed by atoms with Crippen molar-refractivity contribution in [2.24, 2.45) is 0 Å². The van der Waals surface area contributed by atoms with Gasteiger partial charge in [-0.2, -0.15) is 0 Å². The highest BCUT2D eigenvalue weighted by Gasteiger charge is 2.31. The van der Waals surface area contributed by atoms with Crippen LogP contribution in [0.5, 0.6) is 23.0 Å². The minimum Gasteiger partial charge on any atom is -0.504 e. The summed E-state index contributed by atoms with van der Waals surface area (Å²) < 4.78 is 18.6. The number of alkyl halides is 1. The highest BCUT2D eigenvalue weighted by atomic mass is 35.5. The lowest BCUT2D eigenvalue weighted by Gasteiger charge is -2.17. The van der Waals surface area contributed by atoms with Crippen LogP contribution in [0.25, 0.3) is 11.8 Å². The largest absolute Gasteiger partial charge is 0.504 e. The summed E-state index contributed by atoms with van der Waals surface area (Å²) in [5.41, 5.74) is 5.46. The van der Waals surface area contributed by atoms with E-state index < -0.39 is 0 Å². The van der Waals surface area contributed by atoms with Crippen molar-refractivity contribution in [3.8, 4) is 23.0 Å². The third-order valence-corrected chi connectivity index (χ3v) is 5.12. The Kier molecular flexibility index (Phi) is 6.70. The summed E-state index contributed by atoms with van der Waals surface area (Å²) in [6, 6.07) is 7.97. The monoisotopic (exact) mass is 416 g/mol. The maximum absolute atomic E-state index is 10.5. The number of phenolic OH excluding ortho intramolecular Hbond substituents is 1. The molecule has 3 aliphatic rings. The summed E-state index contributed by atoms with van der Waals surface area (Å²) in [7, 11) is 1.57. The van der Waals surface area contributed by atoms with Crippen molar-refractivity contribution in [2.45, 2.75) is 26.7 Å². The van der Waals surface area contributed by atoms with Gasteiger partial charge in [0.25, 0.3) is 0 Å². The summed E-state index contributed by atoms with van der Waals surface area (Å²) in [5, 5.41) is 10.5. The second kappa shape index (κ2) is 9.23. The molecule has 0 saturated carbocycles. The predicted octanol–water partition coefficient (Wildman–Crippen LogP) is 4.70. The summed E-state index contributed by atoms with van der Waals surface area (Å²) in [5.74, 6) is 2.35. The molecule has 29 heavy (non-hydrogen) atoms. The van der Waals surface area contributed by atoms with E-state index in [1.165, 1.54) is 11.9 Å². The summed E-state index contributed by atoms with van der Waals surface area (Å²) in [6.45, 7) is 5.19. The average molecular weight is 417 g/mol. The molecule has 0 unspecified atom stereocenters. The van der Waals surface area contributed by atoms with Crippen LogP contribution < -0.4 is 14.2 Å². The summed E-state index contributed by atoms with van der Waals surface area (Å²) >= 11 is 4.64. The lowest BCUT2D eigenvalue weighted by Crippen LogP contribution is -2.21. The van der Waals surface area contributed by atoms with Gasteiger partial charge in [0.2, 0.25) is 12.5 Å². The van der Waals surface area contributed by atoms with Crippen LogP contribution in [0.15, 0.2) is 24.3 Å². The van der Waals surface area contributed by atoms with Gasteiger partial charge in [-0.15, -0.1) is 11.6 Å². The van der Waals surface area contributed by atoms with Crippen molar-refractivity contribution in [1.82, 2.24) is 0 Å². The lowest BCUT2D eigenvalue weighted by atomic mass is 9.95. The molecule has 5 rings (SSSR count). The maximum Gasteiger partial charge on any atom is 0.231 e. The molecule has 6 heteroatoms. The number of fused-ring (bicyclic) bond motifs is 5. The van der Waals surface area contributed by atoms with Crippen LogP contribution in [0.2, 0.25) is 0 Å². The van der Waals surface area contributed by atoms with Gasteiger partial charge in [0, 0.05) is 24.4 Å². The van der Waals surface area contributed by atoms with E-state index in [-0.39, 0.29) is 12.5 Å². The molecule has 0 fully saturated rings. The molecule has 5 nitrogen and oxygen atoms in total. The Balaban J connectivity index is 0.000000568. The van der Waals surface area contributed by atoms with Gasteiger partial charge in [-0.1, -0.05) is 19.9 Å². The first-order valence-corrected chi connectivity index (χ1v) is 10.5. The van der Waals surface area contributed by atoms with E-state index in [1.807, 2.05) is 26.0 Å². The number of phenols is 1. The Morgan fingerprint density at radius 2 is 1.83 bits per heavy atom. The molecule has 0 aliphatic carbocycles. The van der Waals surface area contributed by atoms with Crippen LogP contribution in [-0.2, 0) is 12.8 Å². The maximum atomic E-state index is 10.5. The van der Waals surface area contributed by atoms with Crippen LogP contribution in [0.1, 0.15) is 36.1 Å². The molecule has 0 radical (unpaired) electrons. The fourth-order valence-corrected chi connectivity index (χ4v) is 3.79. The first-order valence-electron chi connectivity index (χ1n) is 9.76. The van der Waals surface area contributed by atoms with E-state index in [0.717, 1.165) is 46.9 Å². The number of halogens is 1. The number of methoxy groups -OCH3 is 1. The second-order valence-electron chi connectivity index (χ2n) is 6.41. The highest BCUT2D eigenvalue weighted by molar-refractivity contribution is 6.15. The molecule has 3 heterocycles. The summed E-state index contributed by atoms with van der Waals surface area (Å²) in [6.07, 6.45) is 7.37. The Bertz CT molecular complexity index is 966. The molecule has 0 amide bonds. The Labute approximate surface area is 176 Å². The van der Waals surface area contributed by atoms with Gasteiger partial charge in [0.15, 0.2) is 29.5 Å². The van der Waals surface area contributed by atoms with Crippen LogP contribution in [-0.4, -0.2) is 42.7 Å². The number of ether oxygens (including phenoxy) is 3. The van der Waals surface area contributed by atoms with Crippen LogP contribution in [0.4, 0.5) is 0 Å². The van der Waals surface area contributed by atoms with E-state index in [4.69, 9.17) is 14.2 Å². The van der Waals surface area contributed by atoms with Crippen molar-refractivity contribution in [3.63, 3.8) is 0 Å². The van der Waals surface area contributed by atoms with Crippen molar-refractivity contribution in [2.75, 3.05) is 26.8 Å². The minimum atomic E-state index is 0.221.